The Morgan fingerprint density at radius 2 is 2.04 bits per heavy atom. The normalized spacial score (nSPS) is 31.3. The maximum atomic E-state index is 11.6. The number of carbonyl (C=O) groups excluding carboxylic acids is 1. The molecule has 0 spiro atoms. The number of rotatable bonds is 5. The molecule has 0 radical (unpaired) electrons. The number of carbonyl (C=O) groups is 1. The monoisotopic (exact) mass is 327 g/mol. The van der Waals surface area contributed by atoms with Crippen molar-refractivity contribution in [2.45, 2.75) is 83.5 Å². The second-order valence-corrected chi connectivity index (χ2v) is 8.00. The second kappa shape index (κ2) is 8.34. The largest absolute Gasteiger partial charge is 0.444 e. The van der Waals surface area contributed by atoms with Crippen LogP contribution in [0.15, 0.2) is 0 Å². The fourth-order valence-electron chi connectivity index (χ4n) is 3.89. The SMILES string of the molecule is CC(C)(C)OC(=O)NCCCC1CCCC2CCC(CO)OC12. The smallest absolute Gasteiger partial charge is 0.407 e. The topological polar surface area (TPSA) is 67.8 Å². The van der Waals surface area contributed by atoms with Crippen molar-refractivity contribution in [3.05, 3.63) is 0 Å². The molecule has 23 heavy (non-hydrogen) atoms. The van der Waals surface area contributed by atoms with E-state index in [4.69, 9.17) is 9.47 Å². The van der Waals surface area contributed by atoms with Gasteiger partial charge in [0.1, 0.15) is 5.60 Å². The van der Waals surface area contributed by atoms with E-state index >= 15 is 0 Å². The van der Waals surface area contributed by atoms with Crippen LogP contribution in [0.4, 0.5) is 4.79 Å². The molecule has 1 saturated carbocycles. The van der Waals surface area contributed by atoms with Crippen LogP contribution in [-0.2, 0) is 9.47 Å². The number of hydrogen-bond donors (Lipinski definition) is 2. The van der Waals surface area contributed by atoms with E-state index in [0.29, 0.717) is 24.5 Å². The highest BCUT2D eigenvalue weighted by atomic mass is 16.6. The van der Waals surface area contributed by atoms with Crippen LogP contribution in [0, 0.1) is 11.8 Å². The lowest BCUT2D eigenvalue weighted by Gasteiger charge is -2.44. The van der Waals surface area contributed by atoms with E-state index in [-0.39, 0.29) is 18.8 Å². The zero-order valence-corrected chi connectivity index (χ0v) is 14.8. The maximum absolute atomic E-state index is 11.6. The summed E-state index contributed by atoms with van der Waals surface area (Å²) in [7, 11) is 0. The summed E-state index contributed by atoms with van der Waals surface area (Å²) in [5, 5.41) is 12.2. The molecule has 134 valence electrons. The van der Waals surface area contributed by atoms with Crippen LogP contribution in [-0.4, -0.2) is 42.2 Å². The van der Waals surface area contributed by atoms with Crippen molar-refractivity contribution >= 4 is 6.09 Å². The van der Waals surface area contributed by atoms with Crippen molar-refractivity contribution in [1.82, 2.24) is 5.32 Å². The third kappa shape index (κ3) is 5.96. The molecule has 4 atom stereocenters. The standard InChI is InChI=1S/C18H33NO4/c1-18(2,3)23-17(21)19-11-5-8-13-6-4-7-14-9-10-15(12-20)22-16(13)14/h13-16,20H,4-12H2,1-3H3,(H,19,21). The van der Waals surface area contributed by atoms with Crippen molar-refractivity contribution in [3.8, 4) is 0 Å². The summed E-state index contributed by atoms with van der Waals surface area (Å²) in [5.74, 6) is 1.22. The number of alkyl carbamates (subject to hydrolysis) is 1. The average Bonchev–Trinajstić information content (AvgIpc) is 2.49. The van der Waals surface area contributed by atoms with E-state index in [1.165, 1.54) is 25.7 Å². The molecule has 2 fully saturated rings. The van der Waals surface area contributed by atoms with E-state index in [9.17, 15) is 9.90 Å². The molecule has 1 amide bonds. The Bertz CT molecular complexity index is 380. The van der Waals surface area contributed by atoms with Gasteiger partial charge < -0.3 is 19.9 Å². The first kappa shape index (κ1) is 18.5. The van der Waals surface area contributed by atoms with Gasteiger partial charge in [0.15, 0.2) is 0 Å². The van der Waals surface area contributed by atoms with Crippen molar-refractivity contribution < 1.29 is 19.4 Å². The molecule has 2 N–H and O–H groups in total. The van der Waals surface area contributed by atoms with Crippen LogP contribution >= 0.6 is 0 Å². The van der Waals surface area contributed by atoms with Gasteiger partial charge in [0.05, 0.1) is 18.8 Å². The van der Waals surface area contributed by atoms with Crippen molar-refractivity contribution in [2.24, 2.45) is 11.8 Å². The summed E-state index contributed by atoms with van der Waals surface area (Å²) in [6.07, 6.45) is 7.91. The zero-order valence-electron chi connectivity index (χ0n) is 14.8. The molecule has 0 aromatic rings. The minimum absolute atomic E-state index is 0.0248. The van der Waals surface area contributed by atoms with Gasteiger partial charge in [0, 0.05) is 6.54 Å². The van der Waals surface area contributed by atoms with Gasteiger partial charge in [-0.05, 0) is 71.1 Å². The Kier molecular flexibility index (Phi) is 6.72. The van der Waals surface area contributed by atoms with Crippen LogP contribution in [0.25, 0.3) is 0 Å². The predicted molar refractivity (Wildman–Crippen MR) is 89.3 cm³/mol. The lowest BCUT2D eigenvalue weighted by molar-refractivity contribution is -0.139. The molecule has 0 aromatic heterocycles. The molecule has 1 aliphatic carbocycles. The van der Waals surface area contributed by atoms with E-state index in [2.05, 4.69) is 5.32 Å². The van der Waals surface area contributed by atoms with Crippen LogP contribution in [0.1, 0.15) is 65.7 Å². The molecule has 5 nitrogen and oxygen atoms in total. The van der Waals surface area contributed by atoms with Gasteiger partial charge in [-0.1, -0.05) is 6.42 Å². The number of nitrogens with one attached hydrogen (secondary N) is 1. The lowest BCUT2D eigenvalue weighted by Crippen LogP contribution is -2.44. The van der Waals surface area contributed by atoms with Gasteiger partial charge in [-0.3, -0.25) is 0 Å². The van der Waals surface area contributed by atoms with Crippen LogP contribution in [0.5, 0.6) is 0 Å². The molecule has 0 aromatic carbocycles. The Hall–Kier alpha value is -0.810. The number of hydrogen-bond acceptors (Lipinski definition) is 4. The Morgan fingerprint density at radius 3 is 2.74 bits per heavy atom. The molecule has 2 aliphatic rings. The molecule has 5 heteroatoms. The first-order valence-electron chi connectivity index (χ1n) is 9.12. The Morgan fingerprint density at radius 1 is 1.26 bits per heavy atom. The maximum Gasteiger partial charge on any atom is 0.407 e. The second-order valence-electron chi connectivity index (χ2n) is 8.00. The first-order valence-corrected chi connectivity index (χ1v) is 9.12. The van der Waals surface area contributed by atoms with E-state index in [0.717, 1.165) is 19.3 Å². The minimum atomic E-state index is -0.448. The minimum Gasteiger partial charge on any atom is -0.444 e. The van der Waals surface area contributed by atoms with Gasteiger partial charge in [0.2, 0.25) is 0 Å². The molecule has 0 bridgehead atoms. The molecular formula is C18H33NO4. The van der Waals surface area contributed by atoms with Gasteiger partial charge in [0.25, 0.3) is 0 Å². The Labute approximate surface area is 140 Å². The molecule has 1 saturated heterocycles. The number of aliphatic hydroxyl groups is 1. The van der Waals surface area contributed by atoms with Crippen LogP contribution in [0.2, 0.25) is 0 Å². The summed E-state index contributed by atoms with van der Waals surface area (Å²) < 4.78 is 11.4. The summed E-state index contributed by atoms with van der Waals surface area (Å²) in [5.41, 5.74) is -0.448. The van der Waals surface area contributed by atoms with Gasteiger partial charge in [-0.15, -0.1) is 0 Å². The summed E-state index contributed by atoms with van der Waals surface area (Å²) in [4.78, 5) is 11.6. The van der Waals surface area contributed by atoms with E-state index < -0.39 is 5.60 Å². The molecular weight excluding hydrogens is 294 g/mol. The summed E-state index contributed by atoms with van der Waals surface area (Å²) in [6, 6.07) is 0. The first-order chi connectivity index (χ1) is 10.9. The zero-order chi connectivity index (χ0) is 16.9. The number of aliphatic hydroxyl groups excluding tert-OH is 1. The fraction of sp³-hybridized carbons (Fsp3) is 0.944. The highest BCUT2D eigenvalue weighted by Crippen LogP contribution is 2.40. The average molecular weight is 327 g/mol. The van der Waals surface area contributed by atoms with E-state index in [1.54, 1.807) is 0 Å². The number of fused-ring (bicyclic) bond motifs is 1. The number of ether oxygens (including phenoxy) is 2. The number of amides is 1. The van der Waals surface area contributed by atoms with Crippen LogP contribution in [0.3, 0.4) is 0 Å². The summed E-state index contributed by atoms with van der Waals surface area (Å²) >= 11 is 0. The van der Waals surface area contributed by atoms with Gasteiger partial charge >= 0.3 is 6.09 Å². The molecule has 1 aliphatic heterocycles. The third-order valence-corrected chi connectivity index (χ3v) is 4.91. The van der Waals surface area contributed by atoms with Crippen molar-refractivity contribution in [3.63, 3.8) is 0 Å². The highest BCUT2D eigenvalue weighted by Gasteiger charge is 2.38. The Balaban J connectivity index is 1.71. The van der Waals surface area contributed by atoms with Crippen molar-refractivity contribution in [2.75, 3.05) is 13.2 Å². The predicted octanol–water partition coefficient (Wildman–Crippen LogP) is 3.25. The van der Waals surface area contributed by atoms with Gasteiger partial charge in [-0.25, -0.2) is 4.79 Å². The highest BCUT2D eigenvalue weighted by molar-refractivity contribution is 5.67. The summed E-state index contributed by atoms with van der Waals surface area (Å²) in [6.45, 7) is 6.38. The van der Waals surface area contributed by atoms with Crippen molar-refractivity contribution in [1.29, 1.82) is 0 Å². The molecule has 4 unspecified atom stereocenters. The third-order valence-electron chi connectivity index (χ3n) is 4.91. The van der Waals surface area contributed by atoms with E-state index in [1.807, 2.05) is 20.8 Å². The van der Waals surface area contributed by atoms with Gasteiger partial charge in [-0.2, -0.15) is 0 Å². The fourth-order valence-corrected chi connectivity index (χ4v) is 3.89. The molecule has 1 heterocycles. The lowest BCUT2D eigenvalue weighted by atomic mass is 9.73. The molecule has 2 rings (SSSR count). The quantitative estimate of drug-likeness (QED) is 0.761. The van der Waals surface area contributed by atoms with Crippen LogP contribution < -0.4 is 5.32 Å².